The summed E-state index contributed by atoms with van der Waals surface area (Å²) in [6.07, 6.45) is 4.10. The zero-order chi connectivity index (χ0) is 22.2. The van der Waals surface area contributed by atoms with E-state index in [0.717, 1.165) is 19.3 Å². The second-order valence-corrected chi connectivity index (χ2v) is 7.54. The number of hydrogen-bond donors (Lipinski definition) is 3. The maximum atomic E-state index is 12.2. The van der Waals surface area contributed by atoms with Gasteiger partial charge in [0.25, 0.3) is 0 Å². The van der Waals surface area contributed by atoms with Crippen LogP contribution in [0.3, 0.4) is 0 Å². The highest BCUT2D eigenvalue weighted by atomic mass is 16.5. The van der Waals surface area contributed by atoms with Gasteiger partial charge in [0.2, 0.25) is 11.8 Å². The van der Waals surface area contributed by atoms with Crippen LogP contribution in [0.15, 0.2) is 33.5 Å². The standard InChI is InChI=1S/C22H26N2O7/c25-15-6-7-16-14(12-21(28)31-18(16)13-15)11-20(27)23-9-4-2-1-3-5-19(26)24-17-8-10-30-22(17)29/h6-7,12-13,17,25H,1-5,8-11H2,(H,23,27)(H,24,26)/t17-/m0/s1. The summed E-state index contributed by atoms with van der Waals surface area (Å²) in [5.74, 6) is -0.741. The largest absolute Gasteiger partial charge is 0.508 e. The van der Waals surface area contributed by atoms with Crippen molar-refractivity contribution in [3.63, 3.8) is 0 Å². The predicted octanol–water partition coefficient (Wildman–Crippen LogP) is 1.54. The van der Waals surface area contributed by atoms with Crippen LogP contribution in [0.4, 0.5) is 0 Å². The fourth-order valence-electron chi connectivity index (χ4n) is 3.49. The number of unbranched alkanes of at least 4 members (excludes halogenated alkanes) is 3. The third-order valence-electron chi connectivity index (χ3n) is 5.09. The Morgan fingerprint density at radius 1 is 1.06 bits per heavy atom. The molecule has 0 unspecified atom stereocenters. The van der Waals surface area contributed by atoms with Crippen LogP contribution in [0.2, 0.25) is 0 Å². The number of rotatable bonds is 10. The second kappa shape index (κ2) is 10.6. The highest BCUT2D eigenvalue weighted by Crippen LogP contribution is 2.22. The molecule has 1 aliphatic heterocycles. The molecule has 0 radical (unpaired) electrons. The molecule has 2 aromatic rings. The normalized spacial score (nSPS) is 15.6. The quantitative estimate of drug-likeness (QED) is 0.296. The zero-order valence-electron chi connectivity index (χ0n) is 17.1. The lowest BCUT2D eigenvalue weighted by atomic mass is 10.1. The highest BCUT2D eigenvalue weighted by Gasteiger charge is 2.27. The molecule has 1 fully saturated rings. The van der Waals surface area contributed by atoms with E-state index >= 15 is 0 Å². The van der Waals surface area contributed by atoms with Crippen molar-refractivity contribution in [1.29, 1.82) is 0 Å². The number of hydrogen-bond acceptors (Lipinski definition) is 7. The lowest BCUT2D eigenvalue weighted by Gasteiger charge is -2.09. The van der Waals surface area contributed by atoms with Crippen LogP contribution < -0.4 is 16.3 Å². The van der Waals surface area contributed by atoms with Gasteiger partial charge in [0.1, 0.15) is 17.4 Å². The monoisotopic (exact) mass is 430 g/mol. The van der Waals surface area contributed by atoms with Crippen LogP contribution in [0.25, 0.3) is 11.0 Å². The van der Waals surface area contributed by atoms with Crippen LogP contribution in [-0.2, 0) is 25.5 Å². The summed E-state index contributed by atoms with van der Waals surface area (Å²) in [5.41, 5.74) is 0.208. The minimum absolute atomic E-state index is 0.0178. The van der Waals surface area contributed by atoms with Gasteiger partial charge in [-0.05, 0) is 30.5 Å². The number of esters is 1. The molecule has 1 atom stereocenters. The minimum Gasteiger partial charge on any atom is -0.508 e. The van der Waals surface area contributed by atoms with Crippen molar-refractivity contribution in [2.75, 3.05) is 13.2 Å². The van der Waals surface area contributed by atoms with E-state index in [2.05, 4.69) is 10.6 Å². The molecule has 1 aromatic carbocycles. The van der Waals surface area contributed by atoms with Gasteiger partial charge in [0.15, 0.2) is 0 Å². The van der Waals surface area contributed by atoms with Gasteiger partial charge in [-0.2, -0.15) is 0 Å². The van der Waals surface area contributed by atoms with E-state index in [-0.39, 0.29) is 35.5 Å². The first-order valence-electron chi connectivity index (χ1n) is 10.4. The molecule has 9 nitrogen and oxygen atoms in total. The number of amides is 2. The van der Waals surface area contributed by atoms with Crippen molar-refractivity contribution in [2.24, 2.45) is 0 Å². The van der Waals surface area contributed by atoms with Crippen LogP contribution >= 0.6 is 0 Å². The van der Waals surface area contributed by atoms with Gasteiger partial charge in [-0.15, -0.1) is 0 Å². The molecule has 31 heavy (non-hydrogen) atoms. The first-order chi connectivity index (χ1) is 14.9. The number of carbonyl (C=O) groups is 3. The number of nitrogens with one attached hydrogen (secondary N) is 2. The summed E-state index contributed by atoms with van der Waals surface area (Å²) in [4.78, 5) is 47.0. The molecule has 9 heteroatoms. The van der Waals surface area contributed by atoms with Crippen LogP contribution in [-0.4, -0.2) is 42.1 Å². The van der Waals surface area contributed by atoms with Crippen LogP contribution in [0, 0.1) is 0 Å². The van der Waals surface area contributed by atoms with Crippen molar-refractivity contribution >= 4 is 28.8 Å². The van der Waals surface area contributed by atoms with E-state index in [1.165, 1.54) is 18.2 Å². The molecular weight excluding hydrogens is 404 g/mol. The van der Waals surface area contributed by atoms with Gasteiger partial charge >= 0.3 is 11.6 Å². The molecule has 3 rings (SSSR count). The number of benzene rings is 1. The minimum atomic E-state index is -0.574. The topological polar surface area (TPSA) is 135 Å². The fraction of sp³-hybridized carbons (Fsp3) is 0.455. The molecule has 0 bridgehead atoms. The number of carbonyl (C=O) groups excluding carboxylic acids is 3. The van der Waals surface area contributed by atoms with Gasteiger partial charge in [0.05, 0.1) is 13.0 Å². The molecule has 1 aromatic heterocycles. The SMILES string of the molecule is O=C(Cc1cc(=O)oc2cc(O)ccc12)NCCCCCCC(=O)N[C@H]1CCOC1=O. The maximum Gasteiger partial charge on any atom is 0.336 e. The van der Waals surface area contributed by atoms with Crippen LogP contribution in [0.5, 0.6) is 5.75 Å². The van der Waals surface area contributed by atoms with Crippen molar-refractivity contribution in [2.45, 2.75) is 51.0 Å². The zero-order valence-corrected chi connectivity index (χ0v) is 17.1. The number of phenolic OH excluding ortho intramolecular Hbond substituents is 1. The van der Waals surface area contributed by atoms with E-state index in [1.807, 2.05) is 0 Å². The molecule has 1 saturated heterocycles. The maximum absolute atomic E-state index is 12.2. The van der Waals surface area contributed by atoms with E-state index in [9.17, 15) is 24.3 Å². The van der Waals surface area contributed by atoms with E-state index in [1.54, 1.807) is 6.07 Å². The first kappa shape index (κ1) is 22.3. The van der Waals surface area contributed by atoms with Gasteiger partial charge in [-0.3, -0.25) is 9.59 Å². The molecule has 2 amide bonds. The number of fused-ring (bicyclic) bond motifs is 1. The van der Waals surface area contributed by atoms with Gasteiger partial charge in [-0.1, -0.05) is 12.8 Å². The first-order valence-corrected chi connectivity index (χ1v) is 10.4. The summed E-state index contributed by atoms with van der Waals surface area (Å²) in [6, 6.07) is 5.21. The molecule has 0 saturated carbocycles. The number of ether oxygens (including phenoxy) is 1. The molecular formula is C22H26N2O7. The van der Waals surface area contributed by atoms with Gasteiger partial charge in [0, 0.05) is 36.9 Å². The summed E-state index contributed by atoms with van der Waals surface area (Å²) >= 11 is 0. The van der Waals surface area contributed by atoms with Gasteiger partial charge in [-0.25, -0.2) is 9.59 Å². The average Bonchev–Trinajstić information content (AvgIpc) is 3.11. The molecule has 0 spiro atoms. The van der Waals surface area contributed by atoms with Crippen molar-refractivity contribution in [1.82, 2.24) is 10.6 Å². The lowest BCUT2D eigenvalue weighted by molar-refractivity contribution is -0.141. The molecule has 0 aliphatic carbocycles. The summed E-state index contributed by atoms with van der Waals surface area (Å²) in [7, 11) is 0. The Bertz CT molecular complexity index is 1010. The Morgan fingerprint density at radius 2 is 1.87 bits per heavy atom. The summed E-state index contributed by atoms with van der Waals surface area (Å²) in [5, 5.41) is 15.6. The smallest absolute Gasteiger partial charge is 0.336 e. The summed E-state index contributed by atoms with van der Waals surface area (Å²) in [6.45, 7) is 0.853. The summed E-state index contributed by atoms with van der Waals surface area (Å²) < 4.78 is 9.87. The number of aromatic hydroxyl groups is 1. The van der Waals surface area contributed by atoms with Crippen molar-refractivity contribution in [3.8, 4) is 5.75 Å². The molecule has 1 aliphatic rings. The third kappa shape index (κ3) is 6.56. The Labute approximate surface area is 178 Å². The molecule has 3 N–H and O–H groups in total. The average molecular weight is 430 g/mol. The Balaban J connectivity index is 1.32. The highest BCUT2D eigenvalue weighted by molar-refractivity contribution is 5.87. The van der Waals surface area contributed by atoms with Gasteiger partial charge < -0.3 is 24.9 Å². The third-order valence-corrected chi connectivity index (χ3v) is 5.09. The fourth-order valence-corrected chi connectivity index (χ4v) is 3.49. The Kier molecular flexibility index (Phi) is 7.64. The molecule has 2 heterocycles. The van der Waals surface area contributed by atoms with E-state index in [0.29, 0.717) is 43.4 Å². The Morgan fingerprint density at radius 3 is 2.65 bits per heavy atom. The Hall–Kier alpha value is -3.36. The number of phenols is 1. The van der Waals surface area contributed by atoms with Crippen LogP contribution in [0.1, 0.15) is 44.1 Å². The second-order valence-electron chi connectivity index (χ2n) is 7.54. The van der Waals surface area contributed by atoms with Crippen molar-refractivity contribution in [3.05, 3.63) is 40.2 Å². The number of cyclic esters (lactones) is 1. The predicted molar refractivity (Wildman–Crippen MR) is 111 cm³/mol. The van der Waals surface area contributed by atoms with E-state index in [4.69, 9.17) is 9.15 Å². The van der Waals surface area contributed by atoms with Crippen molar-refractivity contribution < 1.29 is 28.6 Å². The molecule has 166 valence electrons. The van der Waals surface area contributed by atoms with E-state index < -0.39 is 11.7 Å². The lowest BCUT2D eigenvalue weighted by Crippen LogP contribution is -2.37.